The lowest BCUT2D eigenvalue weighted by molar-refractivity contribution is -0.124. The van der Waals surface area contributed by atoms with Gasteiger partial charge in [0.15, 0.2) is 0 Å². The van der Waals surface area contributed by atoms with Crippen molar-refractivity contribution in [3.63, 3.8) is 0 Å². The van der Waals surface area contributed by atoms with Crippen LogP contribution < -0.4 is 5.32 Å². The van der Waals surface area contributed by atoms with Crippen LogP contribution in [0.15, 0.2) is 29.2 Å². The molecule has 25 heavy (non-hydrogen) atoms. The number of aldehydes is 1. The van der Waals surface area contributed by atoms with Crippen LogP contribution in [0.3, 0.4) is 0 Å². The van der Waals surface area contributed by atoms with Gasteiger partial charge in [0.05, 0.1) is 16.7 Å². The Morgan fingerprint density at radius 1 is 1.20 bits per heavy atom. The van der Waals surface area contributed by atoms with Crippen molar-refractivity contribution in [2.75, 3.05) is 6.54 Å². The van der Waals surface area contributed by atoms with Crippen LogP contribution in [-0.4, -0.2) is 44.4 Å². The van der Waals surface area contributed by atoms with E-state index >= 15 is 0 Å². The molecular formula is C16H12N2O4S3. The lowest BCUT2D eigenvalue weighted by Crippen LogP contribution is -2.29. The smallest absolute Gasteiger partial charge is 0.286 e. The predicted molar refractivity (Wildman–Crippen MR) is 101 cm³/mol. The first-order valence-electron chi connectivity index (χ1n) is 7.27. The predicted octanol–water partition coefficient (Wildman–Crippen LogP) is 1.98. The van der Waals surface area contributed by atoms with E-state index < -0.39 is 5.25 Å². The van der Waals surface area contributed by atoms with Crippen LogP contribution in [0.4, 0.5) is 4.79 Å². The molecule has 0 spiro atoms. The quantitative estimate of drug-likeness (QED) is 0.466. The minimum absolute atomic E-state index is 0.0409. The lowest BCUT2D eigenvalue weighted by atomic mass is 10.1. The number of hydrogen-bond donors (Lipinski definition) is 1. The Morgan fingerprint density at radius 3 is 2.52 bits per heavy atom. The Balaban J connectivity index is 1.69. The molecule has 2 fully saturated rings. The van der Waals surface area contributed by atoms with E-state index in [1.54, 1.807) is 6.08 Å². The molecule has 0 aromatic heterocycles. The summed E-state index contributed by atoms with van der Waals surface area (Å²) in [4.78, 5) is 47.3. The van der Waals surface area contributed by atoms with Crippen molar-refractivity contribution >= 4 is 69.5 Å². The van der Waals surface area contributed by atoms with Gasteiger partial charge >= 0.3 is 0 Å². The van der Waals surface area contributed by atoms with Gasteiger partial charge in [-0.25, -0.2) is 0 Å². The summed E-state index contributed by atoms with van der Waals surface area (Å²) in [7, 11) is 0. The highest BCUT2D eigenvalue weighted by atomic mass is 32.2. The molecule has 6 nitrogen and oxygen atoms in total. The zero-order chi connectivity index (χ0) is 18.0. The molecule has 2 aliphatic rings. The Morgan fingerprint density at radius 2 is 1.92 bits per heavy atom. The second kappa shape index (κ2) is 7.51. The lowest BCUT2D eigenvalue weighted by Gasteiger charge is -2.08. The fourth-order valence-corrected chi connectivity index (χ4v) is 4.51. The molecule has 0 bridgehead atoms. The highest BCUT2D eigenvalue weighted by molar-refractivity contribution is 8.26. The highest BCUT2D eigenvalue weighted by Crippen LogP contribution is 2.32. The van der Waals surface area contributed by atoms with Gasteiger partial charge in [-0.2, -0.15) is 0 Å². The molecule has 0 radical (unpaired) electrons. The van der Waals surface area contributed by atoms with Gasteiger partial charge in [0, 0.05) is 0 Å². The van der Waals surface area contributed by atoms with Crippen molar-refractivity contribution in [2.24, 2.45) is 0 Å². The van der Waals surface area contributed by atoms with Gasteiger partial charge in [0.1, 0.15) is 10.6 Å². The van der Waals surface area contributed by atoms with Gasteiger partial charge in [-0.15, -0.1) is 0 Å². The number of rotatable bonds is 5. The van der Waals surface area contributed by atoms with Crippen LogP contribution >= 0.6 is 35.7 Å². The maximum Gasteiger partial charge on any atom is 0.286 e. The number of thioether (sulfide) groups is 2. The summed E-state index contributed by atoms with van der Waals surface area (Å²) in [5.41, 5.74) is 1.74. The summed E-state index contributed by atoms with van der Waals surface area (Å²) >= 11 is 7.26. The number of benzene rings is 1. The third-order valence-corrected chi connectivity index (χ3v) is 5.96. The van der Waals surface area contributed by atoms with Crippen molar-refractivity contribution in [3.05, 3.63) is 40.3 Å². The van der Waals surface area contributed by atoms with Gasteiger partial charge in [0.2, 0.25) is 5.91 Å². The molecule has 0 saturated carbocycles. The Bertz CT molecular complexity index is 804. The molecule has 1 atom stereocenters. The summed E-state index contributed by atoms with van der Waals surface area (Å²) < 4.78 is 0.369. The SMILES string of the molecule is O=CCN1C(=O)/C(=C/c2ccc(CC3SC(=O)NC3=O)cc2)SC1=S. The van der Waals surface area contributed by atoms with E-state index in [1.165, 1.54) is 4.90 Å². The van der Waals surface area contributed by atoms with Gasteiger partial charge in [-0.3, -0.25) is 24.6 Å². The summed E-state index contributed by atoms with van der Waals surface area (Å²) in [6, 6.07) is 7.38. The van der Waals surface area contributed by atoms with Crippen molar-refractivity contribution in [3.8, 4) is 0 Å². The zero-order valence-electron chi connectivity index (χ0n) is 12.8. The van der Waals surface area contributed by atoms with Crippen molar-refractivity contribution in [2.45, 2.75) is 11.7 Å². The number of thiocarbonyl (C=S) groups is 1. The molecule has 128 valence electrons. The number of amides is 3. The Labute approximate surface area is 157 Å². The summed E-state index contributed by atoms with van der Waals surface area (Å²) in [6.45, 7) is -0.0409. The van der Waals surface area contributed by atoms with E-state index in [0.717, 1.165) is 34.7 Å². The van der Waals surface area contributed by atoms with Crippen molar-refractivity contribution in [1.82, 2.24) is 10.2 Å². The van der Waals surface area contributed by atoms with E-state index in [4.69, 9.17) is 12.2 Å². The van der Waals surface area contributed by atoms with E-state index in [1.807, 2.05) is 24.3 Å². The van der Waals surface area contributed by atoms with Crippen LogP contribution in [0.25, 0.3) is 6.08 Å². The van der Waals surface area contributed by atoms with Gasteiger partial charge in [-0.05, 0) is 23.6 Å². The largest absolute Gasteiger partial charge is 0.301 e. The minimum atomic E-state index is -0.405. The fraction of sp³-hybridized carbons (Fsp3) is 0.188. The number of nitrogens with one attached hydrogen (secondary N) is 1. The zero-order valence-corrected chi connectivity index (χ0v) is 15.2. The maximum atomic E-state index is 12.2. The molecule has 3 rings (SSSR count). The first kappa shape index (κ1) is 17.8. The van der Waals surface area contributed by atoms with Crippen LogP contribution in [0.2, 0.25) is 0 Å². The first-order valence-corrected chi connectivity index (χ1v) is 9.38. The molecule has 2 heterocycles. The maximum absolute atomic E-state index is 12.2. The number of imide groups is 1. The summed E-state index contributed by atoms with van der Waals surface area (Å²) in [5.74, 6) is -0.540. The van der Waals surface area contributed by atoms with Gasteiger partial charge in [0.25, 0.3) is 11.1 Å². The van der Waals surface area contributed by atoms with E-state index in [0.29, 0.717) is 21.9 Å². The molecule has 3 amide bonds. The molecule has 1 aromatic carbocycles. The highest BCUT2D eigenvalue weighted by Gasteiger charge is 2.32. The fourth-order valence-electron chi connectivity index (χ4n) is 2.37. The van der Waals surface area contributed by atoms with Gasteiger partial charge in [-0.1, -0.05) is 60.0 Å². The third kappa shape index (κ3) is 4.00. The molecule has 9 heteroatoms. The molecule has 2 aliphatic heterocycles. The van der Waals surface area contributed by atoms with E-state index in [-0.39, 0.29) is 23.6 Å². The molecule has 1 unspecified atom stereocenters. The third-order valence-electron chi connectivity index (χ3n) is 3.60. The first-order chi connectivity index (χ1) is 12.0. The average molecular weight is 392 g/mol. The van der Waals surface area contributed by atoms with E-state index in [2.05, 4.69) is 5.32 Å². The van der Waals surface area contributed by atoms with Gasteiger partial charge < -0.3 is 4.79 Å². The normalized spacial score (nSPS) is 22.0. The Kier molecular flexibility index (Phi) is 5.36. The molecule has 2 saturated heterocycles. The molecule has 0 aliphatic carbocycles. The number of carbonyl (C=O) groups excluding carboxylic acids is 4. The monoisotopic (exact) mass is 392 g/mol. The van der Waals surface area contributed by atoms with E-state index in [9.17, 15) is 19.2 Å². The molecular weight excluding hydrogens is 380 g/mol. The second-order valence-corrected chi connectivity index (χ2v) is 8.14. The van der Waals surface area contributed by atoms with Crippen molar-refractivity contribution in [1.29, 1.82) is 0 Å². The molecule has 1 N–H and O–H groups in total. The number of carbonyl (C=O) groups is 4. The number of hydrogen-bond acceptors (Lipinski definition) is 7. The van der Waals surface area contributed by atoms with Crippen molar-refractivity contribution < 1.29 is 19.2 Å². The van der Waals surface area contributed by atoms with Crippen LogP contribution in [0.5, 0.6) is 0 Å². The average Bonchev–Trinajstić information content (AvgIpc) is 3.02. The van der Waals surface area contributed by atoms with Crippen LogP contribution in [0, 0.1) is 0 Å². The minimum Gasteiger partial charge on any atom is -0.301 e. The molecule has 1 aromatic rings. The second-order valence-electron chi connectivity index (χ2n) is 5.29. The Hall–Kier alpha value is -1.97. The summed E-state index contributed by atoms with van der Waals surface area (Å²) in [6.07, 6.45) is 2.82. The van der Waals surface area contributed by atoms with Crippen LogP contribution in [0.1, 0.15) is 11.1 Å². The summed E-state index contributed by atoms with van der Waals surface area (Å²) in [5, 5.41) is 1.54. The standard InChI is InChI=1S/C16H12N2O4S3/c19-6-5-18-14(21)12(25-16(18)23)8-10-3-1-9(2-4-10)7-11-13(20)17-15(22)24-11/h1-4,6,8,11H,5,7H2,(H,17,20,22)/b12-8-. The topological polar surface area (TPSA) is 83.6 Å². The number of nitrogens with zero attached hydrogens (tertiary/aromatic N) is 1. The van der Waals surface area contributed by atoms with Crippen LogP contribution in [-0.2, 0) is 20.8 Å².